The maximum absolute atomic E-state index is 12.4. The molecule has 2 aromatic carbocycles. The molecule has 0 aliphatic carbocycles. The quantitative estimate of drug-likeness (QED) is 0.857. The molecule has 0 aliphatic rings. The van der Waals surface area contributed by atoms with Gasteiger partial charge in [0.15, 0.2) is 11.5 Å². The first-order valence-corrected chi connectivity index (χ1v) is 7.07. The third-order valence-electron chi connectivity index (χ3n) is 3.17. The van der Waals surface area contributed by atoms with Crippen molar-refractivity contribution < 1.29 is 19.1 Å². The van der Waals surface area contributed by atoms with Gasteiger partial charge < -0.3 is 20.5 Å². The van der Waals surface area contributed by atoms with Gasteiger partial charge in [0.25, 0.3) is 11.8 Å². The van der Waals surface area contributed by atoms with Crippen LogP contribution < -0.4 is 20.5 Å². The highest BCUT2D eigenvalue weighted by Crippen LogP contribution is 2.28. The summed E-state index contributed by atoms with van der Waals surface area (Å²) in [5, 5.41) is 2.68. The summed E-state index contributed by atoms with van der Waals surface area (Å²) in [7, 11) is 1.53. The number of nitrogens with two attached hydrogens (primary N) is 1. The van der Waals surface area contributed by atoms with Crippen molar-refractivity contribution in [1.29, 1.82) is 0 Å². The second-order valence-electron chi connectivity index (χ2n) is 4.66. The standard InChI is InChI=1S/C17H18N2O4/c1-3-23-15-10-11(8-9-14(15)22-2)17(21)19-13-7-5-4-6-12(13)16(18)20/h4-10H,3H2,1-2H3,(H2,18,20)(H,19,21). The highest BCUT2D eigenvalue weighted by Gasteiger charge is 2.14. The molecule has 0 aliphatic heterocycles. The molecule has 0 saturated heterocycles. The zero-order valence-corrected chi connectivity index (χ0v) is 13.0. The molecule has 6 nitrogen and oxygen atoms in total. The number of hydrogen-bond donors (Lipinski definition) is 2. The van der Waals surface area contributed by atoms with Gasteiger partial charge in [0.05, 0.1) is 25.0 Å². The van der Waals surface area contributed by atoms with Gasteiger partial charge in [0.1, 0.15) is 0 Å². The predicted octanol–water partition coefficient (Wildman–Crippen LogP) is 2.45. The molecular weight excluding hydrogens is 296 g/mol. The molecule has 6 heteroatoms. The Morgan fingerprint density at radius 2 is 1.87 bits per heavy atom. The first-order valence-electron chi connectivity index (χ1n) is 7.07. The minimum Gasteiger partial charge on any atom is -0.493 e. The number of rotatable bonds is 6. The van der Waals surface area contributed by atoms with Gasteiger partial charge in [-0.15, -0.1) is 0 Å². The Morgan fingerprint density at radius 1 is 1.13 bits per heavy atom. The number of primary amides is 1. The molecule has 0 spiro atoms. The molecule has 0 heterocycles. The van der Waals surface area contributed by atoms with Crippen LogP contribution >= 0.6 is 0 Å². The summed E-state index contributed by atoms with van der Waals surface area (Å²) < 4.78 is 10.6. The van der Waals surface area contributed by atoms with E-state index < -0.39 is 5.91 Å². The lowest BCUT2D eigenvalue weighted by Crippen LogP contribution is -2.18. The first-order chi connectivity index (χ1) is 11.1. The molecule has 2 aromatic rings. The lowest BCUT2D eigenvalue weighted by atomic mass is 10.1. The molecule has 0 aromatic heterocycles. The third-order valence-corrected chi connectivity index (χ3v) is 3.17. The van der Waals surface area contributed by atoms with Gasteiger partial charge in [0, 0.05) is 5.56 Å². The van der Waals surface area contributed by atoms with E-state index in [0.29, 0.717) is 29.4 Å². The summed E-state index contributed by atoms with van der Waals surface area (Å²) in [5.74, 6) is 0.0414. The maximum Gasteiger partial charge on any atom is 0.255 e. The topological polar surface area (TPSA) is 90.6 Å². The van der Waals surface area contributed by atoms with Crippen LogP contribution in [0.15, 0.2) is 42.5 Å². The molecule has 23 heavy (non-hydrogen) atoms. The van der Waals surface area contributed by atoms with Crippen LogP contribution in [-0.4, -0.2) is 25.5 Å². The molecule has 0 fully saturated rings. The Bertz CT molecular complexity index is 728. The predicted molar refractivity (Wildman–Crippen MR) is 87.1 cm³/mol. The molecule has 2 amide bonds. The van der Waals surface area contributed by atoms with Crippen LogP contribution in [0, 0.1) is 0 Å². The summed E-state index contributed by atoms with van der Waals surface area (Å²) in [5.41, 5.74) is 6.30. The molecule has 0 bridgehead atoms. The number of ether oxygens (including phenoxy) is 2. The van der Waals surface area contributed by atoms with Crippen molar-refractivity contribution in [2.24, 2.45) is 5.73 Å². The number of carbonyl (C=O) groups excluding carboxylic acids is 2. The van der Waals surface area contributed by atoms with Gasteiger partial charge in [0.2, 0.25) is 0 Å². The van der Waals surface area contributed by atoms with Crippen molar-refractivity contribution >= 4 is 17.5 Å². The molecule has 3 N–H and O–H groups in total. The zero-order valence-electron chi connectivity index (χ0n) is 13.0. The van der Waals surface area contributed by atoms with Crippen molar-refractivity contribution in [2.45, 2.75) is 6.92 Å². The summed E-state index contributed by atoms with van der Waals surface area (Å²) in [6.07, 6.45) is 0. The Morgan fingerprint density at radius 3 is 2.52 bits per heavy atom. The zero-order chi connectivity index (χ0) is 16.8. The number of methoxy groups -OCH3 is 1. The van der Waals surface area contributed by atoms with E-state index in [-0.39, 0.29) is 11.5 Å². The van der Waals surface area contributed by atoms with Crippen molar-refractivity contribution in [3.05, 3.63) is 53.6 Å². The summed E-state index contributed by atoms with van der Waals surface area (Å²) >= 11 is 0. The van der Waals surface area contributed by atoms with Crippen molar-refractivity contribution in [1.82, 2.24) is 0 Å². The highest BCUT2D eigenvalue weighted by molar-refractivity contribution is 6.08. The van der Waals surface area contributed by atoms with Crippen molar-refractivity contribution in [3.8, 4) is 11.5 Å². The number of nitrogens with one attached hydrogen (secondary N) is 1. The van der Waals surface area contributed by atoms with Crippen LogP contribution in [0.5, 0.6) is 11.5 Å². The van der Waals surface area contributed by atoms with E-state index in [0.717, 1.165) is 0 Å². The van der Waals surface area contributed by atoms with E-state index in [9.17, 15) is 9.59 Å². The third kappa shape index (κ3) is 3.79. The number of benzene rings is 2. The second-order valence-corrected chi connectivity index (χ2v) is 4.66. The SMILES string of the molecule is CCOc1cc(C(=O)Nc2ccccc2C(N)=O)ccc1OC. The highest BCUT2D eigenvalue weighted by atomic mass is 16.5. The molecule has 0 saturated carbocycles. The summed E-state index contributed by atoms with van der Waals surface area (Å²) in [6, 6.07) is 11.4. The number of amides is 2. The van der Waals surface area contributed by atoms with E-state index in [1.807, 2.05) is 6.92 Å². The normalized spacial score (nSPS) is 10.0. The first kappa shape index (κ1) is 16.4. The molecule has 0 radical (unpaired) electrons. The van der Waals surface area contributed by atoms with Gasteiger partial charge in [-0.3, -0.25) is 9.59 Å². The minimum absolute atomic E-state index is 0.249. The van der Waals surface area contributed by atoms with Crippen LogP contribution in [0.1, 0.15) is 27.6 Å². The van der Waals surface area contributed by atoms with Crippen LogP contribution in [0.2, 0.25) is 0 Å². The van der Waals surface area contributed by atoms with Crippen molar-refractivity contribution in [2.75, 3.05) is 19.0 Å². The largest absolute Gasteiger partial charge is 0.493 e. The van der Waals surface area contributed by atoms with Gasteiger partial charge in [-0.05, 0) is 37.3 Å². The number of hydrogen-bond acceptors (Lipinski definition) is 4. The lowest BCUT2D eigenvalue weighted by molar-refractivity contribution is 0.100. The van der Waals surface area contributed by atoms with Crippen LogP contribution in [0.4, 0.5) is 5.69 Å². The van der Waals surface area contributed by atoms with Gasteiger partial charge >= 0.3 is 0 Å². The van der Waals surface area contributed by atoms with E-state index >= 15 is 0 Å². The number of para-hydroxylation sites is 1. The molecule has 0 unspecified atom stereocenters. The smallest absolute Gasteiger partial charge is 0.255 e. The molecule has 0 atom stereocenters. The fourth-order valence-electron chi connectivity index (χ4n) is 2.09. The maximum atomic E-state index is 12.4. The molecule has 2 rings (SSSR count). The second kappa shape index (κ2) is 7.31. The summed E-state index contributed by atoms with van der Waals surface area (Å²) in [6.45, 7) is 2.29. The van der Waals surface area contributed by atoms with Crippen LogP contribution in [0.3, 0.4) is 0 Å². The van der Waals surface area contributed by atoms with E-state index in [4.69, 9.17) is 15.2 Å². The molecular formula is C17H18N2O4. The molecule has 120 valence electrons. The van der Waals surface area contributed by atoms with E-state index in [1.54, 1.807) is 42.5 Å². The van der Waals surface area contributed by atoms with Crippen molar-refractivity contribution in [3.63, 3.8) is 0 Å². The Labute approximate surface area is 134 Å². The number of carbonyl (C=O) groups is 2. The van der Waals surface area contributed by atoms with Crippen LogP contribution in [0.25, 0.3) is 0 Å². The fraction of sp³-hybridized carbons (Fsp3) is 0.176. The fourth-order valence-corrected chi connectivity index (χ4v) is 2.09. The Hall–Kier alpha value is -3.02. The summed E-state index contributed by atoms with van der Waals surface area (Å²) in [4.78, 5) is 23.8. The lowest BCUT2D eigenvalue weighted by Gasteiger charge is -2.12. The Kier molecular flexibility index (Phi) is 5.19. The average molecular weight is 314 g/mol. The monoisotopic (exact) mass is 314 g/mol. The van der Waals surface area contributed by atoms with E-state index in [1.165, 1.54) is 7.11 Å². The average Bonchev–Trinajstić information content (AvgIpc) is 2.55. The van der Waals surface area contributed by atoms with Gasteiger partial charge in [-0.2, -0.15) is 0 Å². The van der Waals surface area contributed by atoms with Gasteiger partial charge in [-0.1, -0.05) is 12.1 Å². The van der Waals surface area contributed by atoms with E-state index in [2.05, 4.69) is 5.32 Å². The van der Waals surface area contributed by atoms with Crippen LogP contribution in [-0.2, 0) is 0 Å². The Balaban J connectivity index is 2.28. The number of anilines is 1. The minimum atomic E-state index is -0.606. The van der Waals surface area contributed by atoms with Gasteiger partial charge in [-0.25, -0.2) is 0 Å².